The third-order valence-electron chi connectivity index (χ3n) is 5.56. The molecule has 1 fully saturated rings. The van der Waals surface area contributed by atoms with Crippen molar-refractivity contribution >= 4 is 23.9 Å². The van der Waals surface area contributed by atoms with Gasteiger partial charge >= 0.3 is 12.1 Å². The van der Waals surface area contributed by atoms with E-state index in [1.165, 1.54) is 0 Å². The number of hydrogen-bond donors (Lipinski definition) is 3. The Bertz CT molecular complexity index is 650. The topological polar surface area (TPSA) is 125 Å². The lowest BCUT2D eigenvalue weighted by Gasteiger charge is -2.36. The molecule has 1 aliphatic heterocycles. The Morgan fingerprint density at radius 2 is 1.58 bits per heavy atom. The molecule has 1 aliphatic rings. The molecule has 1 saturated heterocycles. The van der Waals surface area contributed by atoms with Gasteiger partial charge in [0.2, 0.25) is 11.8 Å². The molecule has 0 aromatic heterocycles. The van der Waals surface area contributed by atoms with E-state index in [0.29, 0.717) is 32.4 Å². The molecule has 0 aliphatic carbocycles. The highest BCUT2D eigenvalue weighted by atomic mass is 16.6. The molecular weight excluding hydrogens is 402 g/mol. The lowest BCUT2D eigenvalue weighted by atomic mass is 9.92. The average Bonchev–Trinajstić information content (AvgIpc) is 2.67. The number of nitrogens with zero attached hydrogens (tertiary/aromatic N) is 1. The quantitative estimate of drug-likeness (QED) is 0.531. The number of piperidine rings is 1. The van der Waals surface area contributed by atoms with Gasteiger partial charge in [0, 0.05) is 19.0 Å². The minimum atomic E-state index is -1.06. The smallest absolute Gasteiger partial charge is 0.408 e. The summed E-state index contributed by atoms with van der Waals surface area (Å²) in [6, 6.07) is -1.64. The van der Waals surface area contributed by atoms with Crippen LogP contribution in [0.2, 0.25) is 0 Å². The summed E-state index contributed by atoms with van der Waals surface area (Å²) < 4.78 is 5.30. The Hall–Kier alpha value is -2.32. The summed E-state index contributed by atoms with van der Waals surface area (Å²) in [7, 11) is 0. The van der Waals surface area contributed by atoms with Crippen LogP contribution in [0.15, 0.2) is 0 Å². The van der Waals surface area contributed by atoms with E-state index in [0.717, 1.165) is 0 Å². The van der Waals surface area contributed by atoms with Gasteiger partial charge in [0.1, 0.15) is 17.7 Å². The van der Waals surface area contributed by atoms with E-state index in [-0.39, 0.29) is 29.6 Å². The normalized spacial score (nSPS) is 18.1. The first-order chi connectivity index (χ1) is 14.3. The van der Waals surface area contributed by atoms with Crippen LogP contribution in [0.5, 0.6) is 0 Å². The van der Waals surface area contributed by atoms with Gasteiger partial charge in [-0.25, -0.2) is 9.59 Å². The van der Waals surface area contributed by atoms with Gasteiger partial charge in [-0.05, 0) is 45.4 Å². The van der Waals surface area contributed by atoms with Crippen LogP contribution in [0.1, 0.15) is 67.7 Å². The number of carboxylic acid groups (broad SMARTS) is 1. The zero-order valence-electron chi connectivity index (χ0n) is 19.9. The van der Waals surface area contributed by atoms with Gasteiger partial charge < -0.3 is 25.4 Å². The molecular formula is C22H39N3O6. The molecule has 0 radical (unpaired) electrons. The van der Waals surface area contributed by atoms with Gasteiger partial charge in [-0.15, -0.1) is 0 Å². The van der Waals surface area contributed by atoms with E-state index in [9.17, 15) is 24.3 Å². The van der Waals surface area contributed by atoms with Gasteiger partial charge in [0.15, 0.2) is 0 Å². The maximum Gasteiger partial charge on any atom is 0.408 e. The maximum atomic E-state index is 13.1. The monoisotopic (exact) mass is 441 g/mol. The maximum absolute atomic E-state index is 13.1. The molecule has 0 spiro atoms. The molecule has 0 unspecified atom stereocenters. The van der Waals surface area contributed by atoms with Gasteiger partial charge in [-0.3, -0.25) is 9.59 Å². The van der Waals surface area contributed by atoms with E-state index >= 15 is 0 Å². The lowest BCUT2D eigenvalue weighted by Crippen LogP contribution is -2.55. The molecule has 3 amide bonds. The van der Waals surface area contributed by atoms with Crippen molar-refractivity contribution < 1.29 is 29.0 Å². The summed E-state index contributed by atoms with van der Waals surface area (Å²) in [5, 5.41) is 14.6. The fourth-order valence-corrected chi connectivity index (χ4v) is 3.46. The van der Waals surface area contributed by atoms with Crippen LogP contribution in [0.4, 0.5) is 4.79 Å². The Balaban J connectivity index is 2.73. The molecule has 0 saturated carbocycles. The number of likely N-dealkylation sites (tertiary alicyclic amines) is 1. The molecule has 9 nitrogen and oxygen atoms in total. The van der Waals surface area contributed by atoms with E-state index in [1.54, 1.807) is 39.5 Å². The summed E-state index contributed by atoms with van der Waals surface area (Å²) in [5.74, 6) is -2.18. The fourth-order valence-electron chi connectivity index (χ4n) is 3.46. The number of rotatable bonds is 8. The van der Waals surface area contributed by atoms with E-state index in [2.05, 4.69) is 10.6 Å². The summed E-state index contributed by atoms with van der Waals surface area (Å²) in [5.41, 5.74) is -0.664. The molecule has 3 N–H and O–H groups in total. The van der Waals surface area contributed by atoms with E-state index in [1.807, 2.05) is 13.8 Å². The second-order valence-electron chi connectivity index (χ2n) is 9.68. The molecule has 178 valence electrons. The zero-order chi connectivity index (χ0) is 23.9. The largest absolute Gasteiger partial charge is 0.480 e. The van der Waals surface area contributed by atoms with Crippen LogP contribution in [-0.4, -0.2) is 64.7 Å². The number of carbonyl (C=O) groups excluding carboxylic acids is 3. The Morgan fingerprint density at radius 1 is 1.03 bits per heavy atom. The molecule has 31 heavy (non-hydrogen) atoms. The van der Waals surface area contributed by atoms with Crippen molar-refractivity contribution in [2.75, 3.05) is 13.1 Å². The first-order valence-electron chi connectivity index (χ1n) is 11.1. The van der Waals surface area contributed by atoms with Crippen molar-refractivity contribution in [1.82, 2.24) is 15.5 Å². The average molecular weight is 442 g/mol. The molecule has 0 bridgehead atoms. The van der Waals surface area contributed by atoms with Crippen LogP contribution in [0.25, 0.3) is 0 Å². The first-order valence-corrected chi connectivity index (χ1v) is 11.1. The Kier molecular flexibility index (Phi) is 9.77. The van der Waals surface area contributed by atoms with Crippen LogP contribution in [0.3, 0.4) is 0 Å². The first kappa shape index (κ1) is 26.7. The van der Waals surface area contributed by atoms with Gasteiger partial charge in [0.05, 0.1) is 0 Å². The summed E-state index contributed by atoms with van der Waals surface area (Å²) in [4.78, 5) is 50.8. The highest BCUT2D eigenvalue weighted by Crippen LogP contribution is 2.21. The van der Waals surface area contributed by atoms with Crippen LogP contribution < -0.4 is 10.6 Å². The summed E-state index contributed by atoms with van der Waals surface area (Å²) >= 11 is 0. The molecule has 1 rings (SSSR count). The van der Waals surface area contributed by atoms with Crippen molar-refractivity contribution in [3.63, 3.8) is 0 Å². The predicted octanol–water partition coefficient (Wildman–Crippen LogP) is 2.39. The molecule has 1 heterocycles. The Labute approximate surface area is 185 Å². The number of hydrogen-bond acceptors (Lipinski definition) is 5. The number of carboxylic acids is 1. The minimum absolute atomic E-state index is 0.0802. The van der Waals surface area contributed by atoms with Crippen LogP contribution in [0, 0.1) is 17.8 Å². The van der Waals surface area contributed by atoms with Gasteiger partial charge in [0.25, 0.3) is 0 Å². The van der Waals surface area contributed by atoms with Crippen molar-refractivity contribution in [3.05, 3.63) is 0 Å². The van der Waals surface area contributed by atoms with E-state index < -0.39 is 29.7 Å². The fraction of sp³-hybridized carbons (Fsp3) is 0.818. The molecule has 0 aromatic carbocycles. The third-order valence-corrected chi connectivity index (χ3v) is 5.56. The van der Waals surface area contributed by atoms with Gasteiger partial charge in [-0.1, -0.05) is 34.1 Å². The number of amides is 3. The third kappa shape index (κ3) is 8.38. The van der Waals surface area contributed by atoms with Crippen molar-refractivity contribution in [3.8, 4) is 0 Å². The summed E-state index contributed by atoms with van der Waals surface area (Å²) in [6.07, 6.45) is 0.967. The second kappa shape index (κ2) is 11.3. The zero-order valence-corrected chi connectivity index (χ0v) is 19.9. The van der Waals surface area contributed by atoms with Crippen molar-refractivity contribution in [1.29, 1.82) is 0 Å². The number of nitrogens with one attached hydrogen (secondary N) is 2. The summed E-state index contributed by atoms with van der Waals surface area (Å²) in [6.45, 7) is 13.4. The standard InChI is InChI=1S/C22H39N3O6/c1-8-14(4)17(24-21(30)31-22(5,6)7)19(27)25-11-9-15(10-12-25)18(26)23-16(13(2)3)20(28)29/h13-17H,8-12H2,1-7H3,(H,23,26)(H,24,30)(H,28,29)/t14-,16-,17-/m0/s1. The highest BCUT2D eigenvalue weighted by Gasteiger charge is 2.35. The predicted molar refractivity (Wildman–Crippen MR) is 116 cm³/mol. The number of aliphatic carboxylic acids is 1. The second-order valence-corrected chi connectivity index (χ2v) is 9.68. The molecule has 3 atom stereocenters. The lowest BCUT2D eigenvalue weighted by molar-refractivity contribution is -0.144. The number of alkyl carbamates (subject to hydrolysis) is 1. The highest BCUT2D eigenvalue weighted by molar-refractivity contribution is 5.87. The minimum Gasteiger partial charge on any atom is -0.480 e. The molecule has 9 heteroatoms. The van der Waals surface area contributed by atoms with E-state index in [4.69, 9.17) is 4.74 Å². The van der Waals surface area contributed by atoms with Crippen LogP contribution >= 0.6 is 0 Å². The molecule has 0 aromatic rings. The van der Waals surface area contributed by atoms with Crippen LogP contribution in [-0.2, 0) is 19.1 Å². The number of ether oxygens (including phenoxy) is 1. The Morgan fingerprint density at radius 3 is 2.00 bits per heavy atom. The van der Waals surface area contributed by atoms with Gasteiger partial charge in [-0.2, -0.15) is 0 Å². The van der Waals surface area contributed by atoms with Crippen molar-refractivity contribution in [2.45, 2.75) is 85.4 Å². The number of carbonyl (C=O) groups is 4. The van der Waals surface area contributed by atoms with Crippen molar-refractivity contribution in [2.24, 2.45) is 17.8 Å². The SMILES string of the molecule is CC[C@H](C)[C@H](NC(=O)OC(C)(C)C)C(=O)N1CCC(C(=O)N[C@H](C(=O)O)C(C)C)CC1.